The first-order valence-corrected chi connectivity index (χ1v) is 7.53. The molecule has 0 heterocycles. The maximum Gasteiger partial charge on any atom is 0.227 e. The molecular weight excluding hydrogens is 224 g/mol. The van der Waals surface area contributed by atoms with E-state index in [0.29, 0.717) is 17.9 Å². The fraction of sp³-hybridized carbons (Fsp3) is 0.933. The fourth-order valence-corrected chi connectivity index (χ4v) is 3.32. The fourth-order valence-electron chi connectivity index (χ4n) is 3.32. The first-order valence-electron chi connectivity index (χ1n) is 7.53. The second kappa shape index (κ2) is 5.20. The molecule has 2 saturated carbocycles. The quantitative estimate of drug-likeness (QED) is 0.789. The monoisotopic (exact) mass is 252 g/mol. The van der Waals surface area contributed by atoms with Crippen LogP contribution in [0.5, 0.6) is 0 Å². The molecule has 0 radical (unpaired) electrons. The predicted molar refractivity (Wildman–Crippen MR) is 74.1 cm³/mol. The van der Waals surface area contributed by atoms with Crippen molar-refractivity contribution in [2.24, 2.45) is 22.5 Å². The Morgan fingerprint density at radius 1 is 1.17 bits per heavy atom. The predicted octanol–water partition coefficient (Wildman–Crippen LogP) is 2.45. The molecule has 0 aromatic heterocycles. The lowest BCUT2D eigenvalue weighted by molar-refractivity contribution is -0.132. The van der Waals surface area contributed by atoms with E-state index < -0.39 is 0 Å². The maximum atomic E-state index is 12.5. The molecule has 2 fully saturated rings. The highest BCUT2D eigenvalue weighted by molar-refractivity contribution is 5.83. The average Bonchev–Trinajstić information content (AvgIpc) is 3.18. The van der Waals surface area contributed by atoms with E-state index >= 15 is 0 Å². The summed E-state index contributed by atoms with van der Waals surface area (Å²) in [5.41, 5.74) is 6.02. The molecule has 0 aromatic carbocycles. The number of hydrogen-bond donors (Lipinski definition) is 2. The van der Waals surface area contributed by atoms with Gasteiger partial charge in [0.15, 0.2) is 0 Å². The third kappa shape index (κ3) is 2.56. The third-order valence-corrected chi connectivity index (χ3v) is 5.40. The summed E-state index contributed by atoms with van der Waals surface area (Å²) >= 11 is 0. The van der Waals surface area contributed by atoms with Crippen LogP contribution in [-0.2, 0) is 4.79 Å². The molecule has 1 amide bonds. The van der Waals surface area contributed by atoms with E-state index in [4.69, 9.17) is 5.73 Å². The molecule has 2 rings (SSSR count). The smallest absolute Gasteiger partial charge is 0.227 e. The van der Waals surface area contributed by atoms with E-state index in [1.165, 1.54) is 19.3 Å². The Hall–Kier alpha value is -0.570. The second-order valence-electron chi connectivity index (χ2n) is 6.74. The Morgan fingerprint density at radius 3 is 2.22 bits per heavy atom. The molecule has 104 valence electrons. The van der Waals surface area contributed by atoms with Crippen LogP contribution in [0.4, 0.5) is 0 Å². The van der Waals surface area contributed by atoms with Gasteiger partial charge in [-0.15, -0.1) is 0 Å². The summed E-state index contributed by atoms with van der Waals surface area (Å²) in [5, 5.41) is 3.21. The maximum absolute atomic E-state index is 12.5. The van der Waals surface area contributed by atoms with E-state index in [1.54, 1.807) is 0 Å². The van der Waals surface area contributed by atoms with E-state index in [1.807, 2.05) is 0 Å². The normalized spacial score (nSPS) is 24.9. The zero-order chi connectivity index (χ0) is 13.2. The lowest BCUT2D eigenvalue weighted by Crippen LogP contribution is -2.48. The van der Waals surface area contributed by atoms with Crippen molar-refractivity contribution in [3.8, 4) is 0 Å². The Kier molecular flexibility index (Phi) is 4.00. The minimum Gasteiger partial charge on any atom is -0.355 e. The second-order valence-corrected chi connectivity index (χ2v) is 6.74. The van der Waals surface area contributed by atoms with Gasteiger partial charge < -0.3 is 11.1 Å². The molecule has 0 spiro atoms. The van der Waals surface area contributed by atoms with Crippen LogP contribution >= 0.6 is 0 Å². The third-order valence-electron chi connectivity index (χ3n) is 5.40. The van der Waals surface area contributed by atoms with Crippen molar-refractivity contribution in [3.63, 3.8) is 0 Å². The van der Waals surface area contributed by atoms with Crippen LogP contribution < -0.4 is 11.1 Å². The van der Waals surface area contributed by atoms with Gasteiger partial charge in [-0.2, -0.15) is 0 Å². The van der Waals surface area contributed by atoms with Crippen LogP contribution in [0.25, 0.3) is 0 Å². The molecular formula is C15H28N2O. The summed E-state index contributed by atoms with van der Waals surface area (Å²) in [6, 6.07) is 0. The van der Waals surface area contributed by atoms with Gasteiger partial charge >= 0.3 is 0 Å². The standard InChI is InChI=1S/C15H28N2O/c1-12(2)15(8-9-15)11-17-13(18)14(10-16)6-4-3-5-7-14/h12H,3-11,16H2,1-2H3,(H,17,18). The number of carbonyl (C=O) groups is 1. The molecule has 18 heavy (non-hydrogen) atoms. The molecule has 0 aliphatic heterocycles. The van der Waals surface area contributed by atoms with Crippen molar-refractivity contribution in [1.82, 2.24) is 5.32 Å². The minimum absolute atomic E-state index is 0.219. The first-order chi connectivity index (χ1) is 8.55. The minimum atomic E-state index is -0.259. The molecule has 2 aliphatic carbocycles. The molecule has 0 atom stereocenters. The number of nitrogens with two attached hydrogens (primary N) is 1. The Labute approximate surface area is 111 Å². The van der Waals surface area contributed by atoms with Gasteiger partial charge in [-0.25, -0.2) is 0 Å². The van der Waals surface area contributed by atoms with Gasteiger partial charge in [0, 0.05) is 13.1 Å². The molecule has 0 bridgehead atoms. The van der Waals surface area contributed by atoms with Crippen LogP contribution in [0.2, 0.25) is 0 Å². The molecule has 2 aliphatic rings. The molecule has 3 N–H and O–H groups in total. The van der Waals surface area contributed by atoms with Gasteiger partial charge in [0.25, 0.3) is 0 Å². The van der Waals surface area contributed by atoms with Gasteiger partial charge in [-0.1, -0.05) is 33.1 Å². The average molecular weight is 252 g/mol. The summed E-state index contributed by atoms with van der Waals surface area (Å²) in [4.78, 5) is 12.5. The number of rotatable bonds is 5. The lowest BCUT2D eigenvalue weighted by Gasteiger charge is -2.35. The zero-order valence-corrected chi connectivity index (χ0v) is 11.9. The topological polar surface area (TPSA) is 55.1 Å². The van der Waals surface area contributed by atoms with E-state index in [0.717, 1.165) is 32.2 Å². The van der Waals surface area contributed by atoms with Gasteiger partial charge in [0.05, 0.1) is 5.41 Å². The van der Waals surface area contributed by atoms with Gasteiger partial charge in [-0.3, -0.25) is 4.79 Å². The van der Waals surface area contributed by atoms with Crippen molar-refractivity contribution in [3.05, 3.63) is 0 Å². The number of carbonyl (C=O) groups excluding carboxylic acids is 1. The largest absolute Gasteiger partial charge is 0.355 e. The molecule has 3 nitrogen and oxygen atoms in total. The van der Waals surface area contributed by atoms with Gasteiger partial charge in [0.1, 0.15) is 0 Å². The summed E-state index contributed by atoms with van der Waals surface area (Å²) < 4.78 is 0. The van der Waals surface area contributed by atoms with Crippen molar-refractivity contribution in [2.45, 2.75) is 58.8 Å². The van der Waals surface area contributed by atoms with Gasteiger partial charge in [0.2, 0.25) is 5.91 Å². The van der Waals surface area contributed by atoms with Crippen molar-refractivity contribution in [2.75, 3.05) is 13.1 Å². The SMILES string of the molecule is CC(C)C1(CNC(=O)C2(CN)CCCCC2)CC1. The summed E-state index contributed by atoms with van der Waals surface area (Å²) in [6.45, 7) is 5.88. The van der Waals surface area contributed by atoms with Crippen LogP contribution in [0.3, 0.4) is 0 Å². The Bertz CT molecular complexity index is 302. The number of nitrogens with one attached hydrogen (secondary N) is 1. The van der Waals surface area contributed by atoms with Crippen LogP contribution in [-0.4, -0.2) is 19.0 Å². The molecule has 3 heteroatoms. The zero-order valence-electron chi connectivity index (χ0n) is 11.9. The van der Waals surface area contributed by atoms with Crippen LogP contribution in [0.1, 0.15) is 58.8 Å². The van der Waals surface area contributed by atoms with Crippen LogP contribution in [0.15, 0.2) is 0 Å². The lowest BCUT2D eigenvalue weighted by atomic mass is 9.73. The summed E-state index contributed by atoms with van der Waals surface area (Å²) in [6.07, 6.45) is 8.04. The van der Waals surface area contributed by atoms with Crippen molar-refractivity contribution in [1.29, 1.82) is 0 Å². The number of amides is 1. The number of hydrogen-bond acceptors (Lipinski definition) is 2. The van der Waals surface area contributed by atoms with Gasteiger partial charge in [-0.05, 0) is 37.0 Å². The van der Waals surface area contributed by atoms with E-state index in [-0.39, 0.29) is 11.3 Å². The van der Waals surface area contributed by atoms with Crippen molar-refractivity contribution >= 4 is 5.91 Å². The Morgan fingerprint density at radius 2 is 1.78 bits per heavy atom. The highest BCUT2D eigenvalue weighted by atomic mass is 16.2. The molecule has 0 saturated heterocycles. The summed E-state index contributed by atoms with van der Waals surface area (Å²) in [5.74, 6) is 0.884. The molecule has 0 unspecified atom stereocenters. The van der Waals surface area contributed by atoms with Crippen LogP contribution in [0, 0.1) is 16.7 Å². The van der Waals surface area contributed by atoms with E-state index in [2.05, 4.69) is 19.2 Å². The summed E-state index contributed by atoms with van der Waals surface area (Å²) in [7, 11) is 0. The van der Waals surface area contributed by atoms with Crippen molar-refractivity contribution < 1.29 is 4.79 Å². The Balaban J connectivity index is 1.90. The molecule has 0 aromatic rings. The van der Waals surface area contributed by atoms with E-state index in [9.17, 15) is 4.79 Å². The highest BCUT2D eigenvalue weighted by Crippen LogP contribution is 2.51. The highest BCUT2D eigenvalue weighted by Gasteiger charge is 2.46. The first kappa shape index (κ1) is 13.9.